The molecule has 0 radical (unpaired) electrons. The summed E-state index contributed by atoms with van der Waals surface area (Å²) in [6.07, 6.45) is 1.46. The van der Waals surface area contributed by atoms with Gasteiger partial charge in [-0.05, 0) is 56.4 Å². The van der Waals surface area contributed by atoms with E-state index in [0.717, 1.165) is 22.9 Å². The first-order valence-corrected chi connectivity index (χ1v) is 11.2. The number of hydrogen-bond donors (Lipinski definition) is 2. The Kier molecular flexibility index (Phi) is 4.91. The van der Waals surface area contributed by atoms with Crippen molar-refractivity contribution in [3.05, 3.63) is 62.2 Å². The van der Waals surface area contributed by atoms with E-state index in [1.54, 1.807) is 30.5 Å². The first-order valence-electron chi connectivity index (χ1n) is 11.2. The number of aliphatic hydroxyl groups is 1. The van der Waals surface area contributed by atoms with Gasteiger partial charge in [-0.3, -0.25) is 4.79 Å². The lowest BCUT2D eigenvalue weighted by Gasteiger charge is -2.31. The largest absolute Gasteiger partial charge is 0.458 e. The van der Waals surface area contributed by atoms with Crippen molar-refractivity contribution in [2.75, 3.05) is 0 Å². The molecule has 0 unspecified atom stereocenters. The molecule has 2 atom stereocenters. The van der Waals surface area contributed by atoms with Gasteiger partial charge in [0.05, 0.1) is 29.0 Å². The van der Waals surface area contributed by atoms with E-state index in [1.165, 1.54) is 6.07 Å². The summed E-state index contributed by atoms with van der Waals surface area (Å²) in [5.41, 5.74) is 8.36. The predicted molar refractivity (Wildman–Crippen MR) is 121 cm³/mol. The van der Waals surface area contributed by atoms with Crippen LogP contribution in [-0.2, 0) is 34.7 Å². The van der Waals surface area contributed by atoms with E-state index in [1.807, 2.05) is 6.92 Å². The van der Waals surface area contributed by atoms with Gasteiger partial charge in [-0.25, -0.2) is 14.2 Å². The van der Waals surface area contributed by atoms with Gasteiger partial charge >= 0.3 is 5.97 Å². The van der Waals surface area contributed by atoms with Crippen LogP contribution >= 0.6 is 0 Å². The van der Waals surface area contributed by atoms with E-state index < -0.39 is 11.6 Å². The van der Waals surface area contributed by atoms with Crippen molar-refractivity contribution < 1.29 is 19.0 Å². The third kappa shape index (κ3) is 3.12. The summed E-state index contributed by atoms with van der Waals surface area (Å²) in [5.74, 6) is -1.11. The van der Waals surface area contributed by atoms with Gasteiger partial charge < -0.3 is 20.1 Å². The number of cyclic esters (lactones) is 1. The molecule has 3 N–H and O–H groups in total. The molecule has 33 heavy (non-hydrogen) atoms. The molecule has 2 aliphatic heterocycles. The Morgan fingerprint density at radius 3 is 2.76 bits per heavy atom. The number of rotatable bonds is 4. The number of hydrogen-bond acceptors (Lipinski definition) is 6. The predicted octanol–water partition coefficient (Wildman–Crippen LogP) is 2.81. The van der Waals surface area contributed by atoms with E-state index >= 15 is 0 Å². The number of nitrogens with two attached hydrogens (primary N) is 1. The lowest BCUT2D eigenvalue weighted by atomic mass is 9.86. The molecule has 5 rings (SSSR count). The zero-order valence-electron chi connectivity index (χ0n) is 18.9. The topological polar surface area (TPSA) is 107 Å². The molecular formula is C25H26FN3O4. The van der Waals surface area contributed by atoms with Crippen molar-refractivity contribution in [3.63, 3.8) is 0 Å². The van der Waals surface area contributed by atoms with Crippen LogP contribution in [0.15, 0.2) is 23.0 Å². The molecular weight excluding hydrogens is 425 g/mol. The average molecular weight is 451 g/mol. The van der Waals surface area contributed by atoms with Crippen molar-refractivity contribution in [2.45, 2.75) is 64.8 Å². The van der Waals surface area contributed by atoms with Crippen LogP contribution in [0.1, 0.15) is 54.5 Å². The monoisotopic (exact) mass is 451 g/mol. The van der Waals surface area contributed by atoms with Crippen LogP contribution in [0.3, 0.4) is 0 Å². The van der Waals surface area contributed by atoms with Crippen molar-refractivity contribution in [2.24, 2.45) is 5.73 Å². The molecule has 8 heteroatoms. The Labute approximate surface area is 190 Å². The Balaban J connectivity index is 1.80. The van der Waals surface area contributed by atoms with Crippen LogP contribution in [-0.4, -0.2) is 26.7 Å². The number of fused-ring (bicyclic) bond motifs is 5. The molecule has 0 bridgehead atoms. The van der Waals surface area contributed by atoms with Gasteiger partial charge in [0.25, 0.3) is 5.56 Å². The number of halogens is 1. The molecule has 1 aromatic carbocycles. The van der Waals surface area contributed by atoms with Gasteiger partial charge in [0.1, 0.15) is 12.4 Å². The van der Waals surface area contributed by atoms with E-state index in [2.05, 4.69) is 0 Å². The third-order valence-electron chi connectivity index (χ3n) is 6.94. The number of pyridine rings is 2. The summed E-state index contributed by atoms with van der Waals surface area (Å²) in [5, 5.41) is 11.9. The van der Waals surface area contributed by atoms with E-state index in [-0.39, 0.29) is 41.6 Å². The van der Waals surface area contributed by atoms with Crippen LogP contribution < -0.4 is 11.3 Å². The van der Waals surface area contributed by atoms with Crippen molar-refractivity contribution in [1.82, 2.24) is 9.55 Å². The van der Waals surface area contributed by atoms with Crippen molar-refractivity contribution in [1.29, 1.82) is 0 Å². The van der Waals surface area contributed by atoms with Crippen LogP contribution in [0.25, 0.3) is 22.3 Å². The number of nitrogens with zero attached hydrogens (tertiary/aromatic N) is 2. The van der Waals surface area contributed by atoms with Crippen molar-refractivity contribution >= 4 is 16.9 Å². The normalized spacial score (nSPS) is 19.8. The van der Waals surface area contributed by atoms with Crippen LogP contribution in [0, 0.1) is 12.7 Å². The van der Waals surface area contributed by atoms with Gasteiger partial charge in [-0.15, -0.1) is 0 Å². The second-order valence-corrected chi connectivity index (χ2v) is 9.16. The van der Waals surface area contributed by atoms with Gasteiger partial charge in [0, 0.05) is 28.6 Å². The van der Waals surface area contributed by atoms with E-state index in [9.17, 15) is 19.1 Å². The zero-order chi connectivity index (χ0) is 23.7. The first kappa shape index (κ1) is 21.7. The summed E-state index contributed by atoms with van der Waals surface area (Å²) in [7, 11) is 0. The lowest BCUT2D eigenvalue weighted by molar-refractivity contribution is -0.172. The number of esters is 1. The van der Waals surface area contributed by atoms with Crippen LogP contribution in [0.4, 0.5) is 4.39 Å². The minimum absolute atomic E-state index is 0.0213. The van der Waals surface area contributed by atoms with Crippen LogP contribution in [0.5, 0.6) is 0 Å². The molecule has 0 saturated heterocycles. The summed E-state index contributed by atoms with van der Waals surface area (Å²) >= 11 is 0. The summed E-state index contributed by atoms with van der Waals surface area (Å²) in [4.78, 5) is 30.5. The number of benzene rings is 1. The fourth-order valence-electron chi connectivity index (χ4n) is 4.95. The average Bonchev–Trinajstić information content (AvgIpc) is 3.14. The molecule has 2 aromatic heterocycles. The molecule has 4 heterocycles. The number of carbonyl (C=O) groups excluding carboxylic acids is 1. The van der Waals surface area contributed by atoms with Gasteiger partial charge in [-0.2, -0.15) is 0 Å². The lowest BCUT2D eigenvalue weighted by Crippen LogP contribution is -2.44. The molecule has 0 amide bonds. The highest BCUT2D eigenvalue weighted by atomic mass is 19.1. The third-order valence-corrected chi connectivity index (χ3v) is 6.94. The maximum Gasteiger partial charge on any atom is 0.343 e. The van der Waals surface area contributed by atoms with Gasteiger partial charge in [-0.1, -0.05) is 6.92 Å². The summed E-state index contributed by atoms with van der Waals surface area (Å²) in [6, 6.07) is 4.87. The molecule has 0 spiro atoms. The van der Waals surface area contributed by atoms with Gasteiger partial charge in [0.15, 0.2) is 5.60 Å². The van der Waals surface area contributed by atoms with Crippen LogP contribution in [0.2, 0.25) is 0 Å². The molecule has 7 nitrogen and oxygen atoms in total. The fourth-order valence-corrected chi connectivity index (χ4v) is 4.95. The molecule has 2 aliphatic rings. The second kappa shape index (κ2) is 7.46. The smallest absolute Gasteiger partial charge is 0.343 e. The van der Waals surface area contributed by atoms with Crippen molar-refractivity contribution in [3.8, 4) is 11.4 Å². The zero-order valence-corrected chi connectivity index (χ0v) is 18.9. The van der Waals surface area contributed by atoms with E-state index in [4.69, 9.17) is 15.5 Å². The molecule has 172 valence electrons. The fraction of sp³-hybridized carbons (Fsp3) is 0.400. The maximum atomic E-state index is 14.4. The second-order valence-electron chi connectivity index (χ2n) is 9.16. The Morgan fingerprint density at radius 1 is 1.30 bits per heavy atom. The van der Waals surface area contributed by atoms with E-state index in [0.29, 0.717) is 35.4 Å². The minimum Gasteiger partial charge on any atom is -0.458 e. The number of aromatic nitrogens is 2. The van der Waals surface area contributed by atoms with Gasteiger partial charge in [0.2, 0.25) is 0 Å². The first-order chi connectivity index (χ1) is 15.7. The minimum atomic E-state index is -1.89. The number of carbonyl (C=O) groups is 1. The molecule has 0 saturated carbocycles. The summed E-state index contributed by atoms with van der Waals surface area (Å²) < 4.78 is 21.2. The highest BCUT2D eigenvalue weighted by molar-refractivity contribution is 5.89. The highest BCUT2D eigenvalue weighted by Crippen LogP contribution is 2.40. The Morgan fingerprint density at radius 2 is 2.06 bits per heavy atom. The number of aryl methyl sites for hydroxylation is 2. The maximum absolute atomic E-state index is 14.4. The Bertz CT molecular complexity index is 1400. The summed E-state index contributed by atoms with van der Waals surface area (Å²) in [6.45, 7) is 5.45. The molecule has 3 aromatic rings. The Hall–Kier alpha value is -3.10. The number of ether oxygens (including phenoxy) is 1. The standard InChI is InChI=1S/C25H26FN3O4/c1-4-25(32)18-8-21-22-16(10-29(21)23(30)17(18)11-33-24(25)31)14(6-5-13(3)27)15-7-12(2)19(26)9-20(15)28-22/h7-9,13,32H,4-6,10-11,27H2,1-3H3/t13-,25+/m1/s1. The molecule has 0 fully saturated rings. The quantitative estimate of drug-likeness (QED) is 0.462. The molecule has 0 aliphatic carbocycles. The SMILES string of the molecule is CC[C@@]1(O)C(=O)OCc2c1cc1n(c2=O)Cc2c-1nc1cc(F)c(C)cc1c2CC[C@@H](C)N. The highest BCUT2D eigenvalue weighted by Gasteiger charge is 2.45.